The molecule has 0 aliphatic heterocycles. The predicted molar refractivity (Wildman–Crippen MR) is 85.9 cm³/mol. The fraction of sp³-hybridized carbons (Fsp3) is 0.526. The van der Waals surface area contributed by atoms with Crippen LogP contribution in [-0.4, -0.2) is 5.97 Å². The summed E-state index contributed by atoms with van der Waals surface area (Å²) < 4.78 is 5.55. The molecule has 0 radical (unpaired) electrons. The van der Waals surface area contributed by atoms with Crippen LogP contribution in [-0.2, 0) is 16.1 Å². The molecule has 21 heavy (non-hydrogen) atoms. The highest BCUT2D eigenvalue weighted by Crippen LogP contribution is 2.59. The highest BCUT2D eigenvalue weighted by atomic mass is 16.5. The predicted octanol–water partition coefficient (Wildman–Crippen LogP) is 4.59. The first kappa shape index (κ1) is 15.8. The van der Waals surface area contributed by atoms with Gasteiger partial charge in [-0.05, 0) is 50.2 Å². The maximum atomic E-state index is 12.3. The van der Waals surface area contributed by atoms with Crippen LogP contribution in [0.4, 0.5) is 0 Å². The summed E-state index contributed by atoms with van der Waals surface area (Å²) >= 11 is 0. The lowest BCUT2D eigenvalue weighted by Gasteiger charge is -2.09. The number of benzene rings is 1. The van der Waals surface area contributed by atoms with Crippen molar-refractivity contribution in [2.75, 3.05) is 0 Å². The fourth-order valence-corrected chi connectivity index (χ4v) is 3.04. The van der Waals surface area contributed by atoms with Crippen molar-refractivity contribution < 1.29 is 9.53 Å². The lowest BCUT2D eigenvalue weighted by Crippen LogP contribution is -2.11. The van der Waals surface area contributed by atoms with Gasteiger partial charge >= 0.3 is 5.97 Å². The second-order valence-electron chi connectivity index (χ2n) is 7.11. The minimum absolute atomic E-state index is 0.00171. The third-order valence-corrected chi connectivity index (χ3v) is 4.55. The average Bonchev–Trinajstić information content (AvgIpc) is 2.88. The Kier molecular flexibility index (Phi) is 4.27. The molecule has 1 fully saturated rings. The van der Waals surface area contributed by atoms with Gasteiger partial charge in [0.1, 0.15) is 6.61 Å². The first-order valence-electron chi connectivity index (χ1n) is 7.61. The van der Waals surface area contributed by atoms with Crippen molar-refractivity contribution >= 4 is 5.97 Å². The van der Waals surface area contributed by atoms with Gasteiger partial charge < -0.3 is 4.74 Å². The van der Waals surface area contributed by atoms with Crippen molar-refractivity contribution in [2.45, 2.75) is 48.1 Å². The van der Waals surface area contributed by atoms with Crippen LogP contribution < -0.4 is 0 Å². The zero-order valence-corrected chi connectivity index (χ0v) is 14.0. The van der Waals surface area contributed by atoms with Gasteiger partial charge in [0.05, 0.1) is 5.92 Å². The van der Waals surface area contributed by atoms with Gasteiger partial charge in [-0.3, -0.25) is 4.79 Å². The quantitative estimate of drug-likeness (QED) is 0.598. The van der Waals surface area contributed by atoms with Gasteiger partial charge in [0, 0.05) is 0 Å². The number of aryl methyl sites for hydroxylation is 2. The van der Waals surface area contributed by atoms with E-state index in [4.69, 9.17) is 4.74 Å². The number of carbonyl (C=O) groups excluding carboxylic acids is 1. The minimum atomic E-state index is -0.0672. The molecule has 0 saturated heterocycles. The van der Waals surface area contributed by atoms with Crippen molar-refractivity contribution in [3.05, 3.63) is 46.5 Å². The van der Waals surface area contributed by atoms with E-state index >= 15 is 0 Å². The lowest BCUT2D eigenvalue weighted by molar-refractivity contribution is -0.147. The Balaban J connectivity index is 1.98. The lowest BCUT2D eigenvalue weighted by atomic mass is 10.1. The van der Waals surface area contributed by atoms with Gasteiger partial charge in [0.2, 0.25) is 0 Å². The number of ether oxygens (including phenoxy) is 1. The molecular weight excluding hydrogens is 260 g/mol. The summed E-state index contributed by atoms with van der Waals surface area (Å²) in [6, 6.07) is 6.23. The van der Waals surface area contributed by atoms with Gasteiger partial charge in [-0.2, -0.15) is 0 Å². The zero-order chi connectivity index (χ0) is 15.8. The summed E-state index contributed by atoms with van der Waals surface area (Å²) in [7, 11) is 0. The smallest absolute Gasteiger partial charge is 0.310 e. The monoisotopic (exact) mass is 286 g/mol. The van der Waals surface area contributed by atoms with Crippen molar-refractivity contribution in [1.29, 1.82) is 0 Å². The fourth-order valence-electron chi connectivity index (χ4n) is 3.04. The molecule has 1 aliphatic rings. The van der Waals surface area contributed by atoms with Crippen LogP contribution in [0.1, 0.15) is 44.4 Å². The number of rotatable bonds is 4. The first-order chi connectivity index (χ1) is 9.73. The summed E-state index contributed by atoms with van der Waals surface area (Å²) in [5, 5.41) is 0. The van der Waals surface area contributed by atoms with E-state index in [-0.39, 0.29) is 17.3 Å². The van der Waals surface area contributed by atoms with E-state index in [0.717, 1.165) is 5.56 Å². The largest absolute Gasteiger partial charge is 0.461 e. The Morgan fingerprint density at radius 1 is 1.29 bits per heavy atom. The van der Waals surface area contributed by atoms with Crippen LogP contribution in [0.3, 0.4) is 0 Å². The van der Waals surface area contributed by atoms with E-state index in [2.05, 4.69) is 59.8 Å². The third kappa shape index (κ3) is 3.37. The summed E-state index contributed by atoms with van der Waals surface area (Å²) in [5.41, 5.74) is 4.79. The number of hydrogen-bond donors (Lipinski definition) is 0. The van der Waals surface area contributed by atoms with Crippen LogP contribution in [0.5, 0.6) is 0 Å². The Hall–Kier alpha value is -1.57. The zero-order valence-electron chi connectivity index (χ0n) is 14.0. The SMILES string of the molecule is CC(C)=C[C@@H]1[C@H](C(=O)OCc2ccc(C)cc2C)C1(C)C. The molecule has 2 atom stereocenters. The molecule has 0 amide bonds. The number of esters is 1. The van der Waals surface area contributed by atoms with E-state index in [9.17, 15) is 4.79 Å². The van der Waals surface area contributed by atoms with Gasteiger partial charge in [0.15, 0.2) is 0 Å². The maximum absolute atomic E-state index is 12.3. The molecular formula is C19H26O2. The topological polar surface area (TPSA) is 26.3 Å². The van der Waals surface area contributed by atoms with E-state index < -0.39 is 0 Å². The van der Waals surface area contributed by atoms with Crippen molar-refractivity contribution in [2.24, 2.45) is 17.3 Å². The van der Waals surface area contributed by atoms with Crippen LogP contribution in [0.15, 0.2) is 29.8 Å². The number of allylic oxidation sites excluding steroid dienone is 2. The summed E-state index contributed by atoms with van der Waals surface area (Å²) in [4.78, 5) is 12.3. The van der Waals surface area contributed by atoms with E-state index in [1.165, 1.54) is 16.7 Å². The molecule has 1 saturated carbocycles. The van der Waals surface area contributed by atoms with E-state index in [0.29, 0.717) is 12.5 Å². The van der Waals surface area contributed by atoms with Crippen molar-refractivity contribution in [1.82, 2.24) is 0 Å². The number of hydrogen-bond acceptors (Lipinski definition) is 2. The van der Waals surface area contributed by atoms with E-state index in [1.807, 2.05) is 6.07 Å². The van der Waals surface area contributed by atoms with Gasteiger partial charge in [-0.25, -0.2) is 0 Å². The molecule has 2 nitrogen and oxygen atoms in total. The molecule has 114 valence electrons. The average molecular weight is 286 g/mol. The Labute approximate surface area is 128 Å². The molecule has 1 aromatic carbocycles. The Bertz CT molecular complexity index is 577. The molecule has 1 aliphatic carbocycles. The van der Waals surface area contributed by atoms with Crippen LogP contribution in [0.2, 0.25) is 0 Å². The molecule has 0 N–H and O–H groups in total. The van der Waals surface area contributed by atoms with E-state index in [1.54, 1.807) is 0 Å². The van der Waals surface area contributed by atoms with Crippen LogP contribution in [0.25, 0.3) is 0 Å². The number of carbonyl (C=O) groups is 1. The highest BCUT2D eigenvalue weighted by molar-refractivity contribution is 5.78. The van der Waals surface area contributed by atoms with Gasteiger partial charge in [-0.15, -0.1) is 0 Å². The second kappa shape index (κ2) is 5.67. The second-order valence-corrected chi connectivity index (χ2v) is 7.11. The van der Waals surface area contributed by atoms with Crippen molar-refractivity contribution in [3.63, 3.8) is 0 Å². The van der Waals surface area contributed by atoms with Crippen LogP contribution >= 0.6 is 0 Å². The van der Waals surface area contributed by atoms with Gasteiger partial charge in [-0.1, -0.05) is 49.3 Å². The van der Waals surface area contributed by atoms with Gasteiger partial charge in [0.25, 0.3) is 0 Å². The molecule has 0 heterocycles. The highest BCUT2D eigenvalue weighted by Gasteiger charge is 2.61. The summed E-state index contributed by atoms with van der Waals surface area (Å²) in [6.45, 7) is 12.9. The normalized spacial score (nSPS) is 22.6. The van der Waals surface area contributed by atoms with Crippen LogP contribution in [0, 0.1) is 31.1 Å². The summed E-state index contributed by atoms with van der Waals surface area (Å²) in [5.74, 6) is 0.245. The molecule has 0 aromatic heterocycles. The maximum Gasteiger partial charge on any atom is 0.310 e. The van der Waals surface area contributed by atoms with Crippen molar-refractivity contribution in [3.8, 4) is 0 Å². The molecule has 0 bridgehead atoms. The standard InChI is InChI=1S/C19H26O2/c1-12(2)9-16-17(19(16,5)6)18(20)21-11-15-8-7-13(3)10-14(15)4/h7-10,16-17H,11H2,1-6H3/t16-,17-/m1/s1. The molecule has 2 rings (SSSR count). The Morgan fingerprint density at radius 3 is 2.52 bits per heavy atom. The molecule has 0 unspecified atom stereocenters. The Morgan fingerprint density at radius 2 is 1.95 bits per heavy atom. The third-order valence-electron chi connectivity index (χ3n) is 4.55. The minimum Gasteiger partial charge on any atom is -0.461 e. The first-order valence-corrected chi connectivity index (χ1v) is 7.61. The molecule has 2 heteroatoms. The molecule has 1 aromatic rings. The molecule has 0 spiro atoms. The summed E-state index contributed by atoms with van der Waals surface area (Å²) in [6.07, 6.45) is 2.20.